The van der Waals surface area contributed by atoms with Gasteiger partial charge in [-0.3, -0.25) is 9.59 Å². The summed E-state index contributed by atoms with van der Waals surface area (Å²) in [5.41, 5.74) is -1.34. The van der Waals surface area contributed by atoms with Crippen LogP contribution in [0.2, 0.25) is 0 Å². The molecule has 0 unspecified atom stereocenters. The highest BCUT2D eigenvalue weighted by Crippen LogP contribution is 2.34. The molecule has 1 fully saturated rings. The van der Waals surface area contributed by atoms with Crippen molar-refractivity contribution in [3.8, 4) is 0 Å². The number of aromatic nitrogens is 1. The van der Waals surface area contributed by atoms with E-state index in [4.69, 9.17) is 0 Å². The number of rotatable bonds is 4. The van der Waals surface area contributed by atoms with Gasteiger partial charge in [-0.2, -0.15) is 0 Å². The average Bonchev–Trinajstić information content (AvgIpc) is 2.95. The number of hydrogen-bond acceptors (Lipinski definition) is 4. The van der Waals surface area contributed by atoms with E-state index in [1.54, 1.807) is 11.1 Å². The summed E-state index contributed by atoms with van der Waals surface area (Å²) in [7, 11) is 0. The first-order valence-electron chi connectivity index (χ1n) is 6.90. The predicted octanol–water partition coefficient (Wildman–Crippen LogP) is 1.90. The third kappa shape index (κ3) is 2.22. The predicted molar refractivity (Wildman–Crippen MR) is 78.3 cm³/mol. The van der Waals surface area contributed by atoms with Crippen molar-refractivity contribution in [3.05, 3.63) is 16.6 Å². The Morgan fingerprint density at radius 1 is 1.40 bits per heavy atom. The van der Waals surface area contributed by atoms with E-state index < -0.39 is 11.1 Å². The van der Waals surface area contributed by atoms with Gasteiger partial charge < -0.3 is 10.2 Å². The van der Waals surface area contributed by atoms with Crippen LogP contribution in [0.3, 0.4) is 0 Å². The maximum atomic E-state index is 12.9. The summed E-state index contributed by atoms with van der Waals surface area (Å²) in [5.74, 6) is -0.111. The van der Waals surface area contributed by atoms with Gasteiger partial charge in [0, 0.05) is 11.6 Å². The highest BCUT2D eigenvalue weighted by atomic mass is 32.1. The van der Waals surface area contributed by atoms with Crippen molar-refractivity contribution in [1.82, 2.24) is 15.2 Å². The maximum Gasteiger partial charge on any atom is 0.249 e. The lowest BCUT2D eigenvalue weighted by atomic mass is 9.86. The molecule has 1 aliphatic heterocycles. The second-order valence-corrected chi connectivity index (χ2v) is 6.52. The molecule has 20 heavy (non-hydrogen) atoms. The van der Waals surface area contributed by atoms with Crippen LogP contribution in [0.15, 0.2) is 11.6 Å². The quantitative estimate of drug-likeness (QED) is 0.922. The first-order chi connectivity index (χ1) is 9.37. The van der Waals surface area contributed by atoms with Gasteiger partial charge in [-0.05, 0) is 26.7 Å². The smallest absolute Gasteiger partial charge is 0.249 e. The van der Waals surface area contributed by atoms with E-state index in [-0.39, 0.29) is 18.4 Å². The van der Waals surface area contributed by atoms with Crippen molar-refractivity contribution in [2.75, 3.05) is 6.54 Å². The molecule has 1 saturated heterocycles. The number of thiazole rings is 1. The second kappa shape index (κ2) is 5.16. The molecule has 2 heterocycles. The summed E-state index contributed by atoms with van der Waals surface area (Å²) < 4.78 is 0. The third-order valence-corrected chi connectivity index (χ3v) is 5.26. The Labute approximate surface area is 123 Å². The summed E-state index contributed by atoms with van der Waals surface area (Å²) >= 11 is 1.51. The van der Waals surface area contributed by atoms with Crippen LogP contribution in [0.25, 0.3) is 0 Å². The Morgan fingerprint density at radius 3 is 2.55 bits per heavy atom. The summed E-state index contributed by atoms with van der Waals surface area (Å²) in [5, 5.41) is 5.62. The lowest BCUT2D eigenvalue weighted by Crippen LogP contribution is -2.69. The molecule has 1 aliphatic rings. The fourth-order valence-corrected chi connectivity index (χ4v) is 3.43. The average molecular weight is 295 g/mol. The van der Waals surface area contributed by atoms with Crippen LogP contribution in [0.4, 0.5) is 0 Å². The van der Waals surface area contributed by atoms with Crippen LogP contribution in [0.5, 0.6) is 0 Å². The van der Waals surface area contributed by atoms with Gasteiger partial charge in [0.25, 0.3) is 0 Å². The Balaban J connectivity index is 2.40. The number of carbonyl (C=O) groups excluding carboxylic acids is 2. The summed E-state index contributed by atoms with van der Waals surface area (Å²) in [6.07, 6.45) is 2.92. The van der Waals surface area contributed by atoms with Gasteiger partial charge in [0.05, 0.1) is 5.54 Å². The Hall–Kier alpha value is -1.43. The molecule has 0 bridgehead atoms. The molecule has 0 aromatic carbocycles. The molecular weight excluding hydrogens is 274 g/mol. The standard InChI is InChI=1S/C14H21N3O2S/c1-5-14(6-2)12(19)17(9-10(18)16-14)13(3,4)11-15-7-8-20-11/h7-8H,5-6,9H2,1-4H3,(H,16,18). The molecule has 2 amide bonds. The molecule has 0 radical (unpaired) electrons. The molecule has 1 aromatic heterocycles. The molecule has 1 N–H and O–H groups in total. The SMILES string of the molecule is CCC1(CC)NC(=O)CN(C(C)(C)c2nccs2)C1=O. The van der Waals surface area contributed by atoms with Gasteiger partial charge in [0.15, 0.2) is 0 Å². The van der Waals surface area contributed by atoms with Gasteiger partial charge in [-0.1, -0.05) is 13.8 Å². The lowest BCUT2D eigenvalue weighted by Gasteiger charge is -2.47. The van der Waals surface area contributed by atoms with E-state index in [0.717, 1.165) is 5.01 Å². The van der Waals surface area contributed by atoms with Crippen LogP contribution in [-0.4, -0.2) is 33.8 Å². The molecule has 2 rings (SSSR count). The van der Waals surface area contributed by atoms with E-state index >= 15 is 0 Å². The van der Waals surface area contributed by atoms with Crippen molar-refractivity contribution in [2.45, 2.75) is 51.6 Å². The van der Waals surface area contributed by atoms with Crippen LogP contribution < -0.4 is 5.32 Å². The molecule has 110 valence electrons. The minimum absolute atomic E-state index is 0.0118. The van der Waals surface area contributed by atoms with E-state index in [0.29, 0.717) is 12.8 Å². The number of nitrogens with one attached hydrogen (secondary N) is 1. The van der Waals surface area contributed by atoms with E-state index in [2.05, 4.69) is 10.3 Å². The molecule has 0 saturated carbocycles. The number of nitrogens with zero attached hydrogens (tertiary/aromatic N) is 2. The van der Waals surface area contributed by atoms with Gasteiger partial charge in [-0.15, -0.1) is 11.3 Å². The molecule has 0 spiro atoms. The van der Waals surface area contributed by atoms with Gasteiger partial charge in [0.2, 0.25) is 11.8 Å². The molecule has 1 aromatic rings. The lowest BCUT2D eigenvalue weighted by molar-refractivity contribution is -0.156. The molecule has 5 nitrogen and oxygen atoms in total. The Kier molecular flexibility index (Phi) is 3.86. The molecule has 6 heteroatoms. The normalized spacial score (nSPS) is 19.1. The second-order valence-electron chi connectivity index (χ2n) is 5.62. The summed E-state index contributed by atoms with van der Waals surface area (Å²) in [6, 6.07) is 0. The van der Waals surface area contributed by atoms with Gasteiger partial charge in [-0.25, -0.2) is 4.98 Å². The van der Waals surface area contributed by atoms with Crippen LogP contribution >= 0.6 is 11.3 Å². The van der Waals surface area contributed by atoms with Crippen LogP contribution in [-0.2, 0) is 15.1 Å². The van der Waals surface area contributed by atoms with Crippen molar-refractivity contribution in [3.63, 3.8) is 0 Å². The van der Waals surface area contributed by atoms with Crippen LogP contribution in [0, 0.1) is 0 Å². The van der Waals surface area contributed by atoms with E-state index in [1.807, 2.05) is 33.1 Å². The zero-order valence-corrected chi connectivity index (χ0v) is 13.2. The summed E-state index contributed by atoms with van der Waals surface area (Å²) in [6.45, 7) is 7.84. The molecular formula is C14H21N3O2S. The largest absolute Gasteiger partial charge is 0.340 e. The van der Waals surface area contributed by atoms with E-state index in [1.165, 1.54) is 11.3 Å². The maximum absolute atomic E-state index is 12.9. The van der Waals surface area contributed by atoms with Crippen LogP contribution in [0.1, 0.15) is 45.5 Å². The summed E-state index contributed by atoms with van der Waals surface area (Å²) in [4.78, 5) is 30.9. The minimum Gasteiger partial charge on any atom is -0.340 e. The third-order valence-electron chi connectivity index (χ3n) is 4.17. The molecule has 0 atom stereocenters. The number of hydrogen-bond donors (Lipinski definition) is 1. The Bertz CT molecular complexity index is 506. The number of amides is 2. The van der Waals surface area contributed by atoms with Gasteiger partial charge >= 0.3 is 0 Å². The first kappa shape index (κ1) is 15.0. The zero-order valence-electron chi connectivity index (χ0n) is 12.4. The Morgan fingerprint density at radius 2 is 2.05 bits per heavy atom. The van der Waals surface area contributed by atoms with Gasteiger partial charge in [0.1, 0.15) is 17.1 Å². The van der Waals surface area contributed by atoms with Crippen molar-refractivity contribution in [2.24, 2.45) is 0 Å². The highest BCUT2D eigenvalue weighted by molar-refractivity contribution is 7.09. The number of carbonyl (C=O) groups is 2. The first-order valence-corrected chi connectivity index (χ1v) is 7.78. The fraction of sp³-hybridized carbons (Fsp3) is 0.643. The van der Waals surface area contributed by atoms with E-state index in [9.17, 15) is 9.59 Å². The highest BCUT2D eigenvalue weighted by Gasteiger charge is 2.49. The monoisotopic (exact) mass is 295 g/mol. The number of piperazine rings is 1. The minimum atomic E-state index is -0.774. The van der Waals surface area contributed by atoms with Crippen molar-refractivity contribution >= 4 is 23.2 Å². The fourth-order valence-electron chi connectivity index (χ4n) is 2.66. The van der Waals surface area contributed by atoms with Crippen molar-refractivity contribution < 1.29 is 9.59 Å². The topological polar surface area (TPSA) is 62.3 Å². The zero-order chi connectivity index (χ0) is 15.0. The van der Waals surface area contributed by atoms with Crippen molar-refractivity contribution in [1.29, 1.82) is 0 Å². The molecule has 0 aliphatic carbocycles.